The summed E-state index contributed by atoms with van der Waals surface area (Å²) in [5.41, 5.74) is 7.08. The van der Waals surface area contributed by atoms with Crippen LogP contribution >= 0.6 is 0 Å². The lowest BCUT2D eigenvalue weighted by atomic mass is 9.95. The summed E-state index contributed by atoms with van der Waals surface area (Å²) in [6.45, 7) is 5.68. The minimum atomic E-state index is -0.580. The average Bonchev–Trinajstić information content (AvgIpc) is 3.06. The van der Waals surface area contributed by atoms with Gasteiger partial charge in [0.05, 0.1) is 28.6 Å². The first-order chi connectivity index (χ1) is 12.5. The van der Waals surface area contributed by atoms with Crippen molar-refractivity contribution in [1.82, 2.24) is 15.1 Å². The summed E-state index contributed by atoms with van der Waals surface area (Å²) in [6, 6.07) is 10.0. The number of nitrogens with zero attached hydrogens (tertiary/aromatic N) is 3. The van der Waals surface area contributed by atoms with E-state index in [2.05, 4.69) is 16.2 Å². The molecule has 0 fully saturated rings. The Hall–Kier alpha value is -3.05. The van der Waals surface area contributed by atoms with Crippen molar-refractivity contribution in [3.63, 3.8) is 0 Å². The van der Waals surface area contributed by atoms with Gasteiger partial charge in [-0.05, 0) is 50.1 Å². The second-order valence-corrected chi connectivity index (χ2v) is 6.54. The highest BCUT2D eigenvalue weighted by molar-refractivity contribution is 5.93. The highest BCUT2D eigenvalue weighted by Crippen LogP contribution is 2.36. The third-order valence-corrected chi connectivity index (χ3v) is 4.54. The Morgan fingerprint density at radius 3 is 2.62 bits per heavy atom. The van der Waals surface area contributed by atoms with Crippen molar-refractivity contribution in [3.05, 3.63) is 65.8 Å². The summed E-state index contributed by atoms with van der Waals surface area (Å²) in [4.78, 5) is 9.16. The SMILES string of the molecule is Cc1cc(C(C)O)c2cc(-c3cccnc3)c(-c3conc3C)nc2c1. The number of fused-ring (bicyclic) bond motifs is 1. The first-order valence-corrected chi connectivity index (χ1v) is 8.49. The van der Waals surface area contributed by atoms with E-state index in [9.17, 15) is 5.11 Å². The van der Waals surface area contributed by atoms with Crippen LogP contribution in [0.15, 0.2) is 53.5 Å². The number of aliphatic hydroxyl groups excluding tert-OH is 1. The average molecular weight is 345 g/mol. The van der Waals surface area contributed by atoms with E-state index in [0.29, 0.717) is 0 Å². The maximum atomic E-state index is 10.2. The van der Waals surface area contributed by atoms with E-state index in [4.69, 9.17) is 9.51 Å². The Labute approximate surface area is 151 Å². The first kappa shape index (κ1) is 16.4. The van der Waals surface area contributed by atoms with Crippen LogP contribution in [0.4, 0.5) is 0 Å². The maximum Gasteiger partial charge on any atom is 0.133 e. The smallest absolute Gasteiger partial charge is 0.133 e. The lowest BCUT2D eigenvalue weighted by molar-refractivity contribution is 0.201. The third kappa shape index (κ3) is 2.76. The molecule has 130 valence electrons. The van der Waals surface area contributed by atoms with Crippen molar-refractivity contribution in [2.24, 2.45) is 0 Å². The molecule has 5 nitrogen and oxygen atoms in total. The van der Waals surface area contributed by atoms with Gasteiger partial charge in [0.25, 0.3) is 0 Å². The molecule has 1 aromatic carbocycles. The largest absolute Gasteiger partial charge is 0.389 e. The van der Waals surface area contributed by atoms with Crippen molar-refractivity contribution < 1.29 is 9.63 Å². The molecule has 0 saturated heterocycles. The quantitative estimate of drug-likeness (QED) is 0.586. The van der Waals surface area contributed by atoms with Crippen molar-refractivity contribution in [2.45, 2.75) is 26.9 Å². The summed E-state index contributed by atoms with van der Waals surface area (Å²) in [5, 5.41) is 15.2. The van der Waals surface area contributed by atoms with Crippen molar-refractivity contribution >= 4 is 10.9 Å². The van der Waals surface area contributed by atoms with Crippen LogP contribution in [-0.4, -0.2) is 20.2 Å². The zero-order valence-corrected chi connectivity index (χ0v) is 14.9. The van der Waals surface area contributed by atoms with Gasteiger partial charge in [-0.25, -0.2) is 4.98 Å². The predicted octanol–water partition coefficient (Wildman–Crippen LogP) is 4.62. The van der Waals surface area contributed by atoms with Crippen LogP contribution in [0, 0.1) is 13.8 Å². The maximum absolute atomic E-state index is 10.2. The van der Waals surface area contributed by atoms with Crippen molar-refractivity contribution in [1.29, 1.82) is 0 Å². The van der Waals surface area contributed by atoms with E-state index in [-0.39, 0.29) is 0 Å². The minimum absolute atomic E-state index is 0.580. The van der Waals surface area contributed by atoms with Crippen LogP contribution in [0.5, 0.6) is 0 Å². The Morgan fingerprint density at radius 2 is 1.96 bits per heavy atom. The second kappa shape index (κ2) is 6.35. The minimum Gasteiger partial charge on any atom is -0.389 e. The molecule has 0 spiro atoms. The van der Waals surface area contributed by atoms with E-state index in [1.807, 2.05) is 44.3 Å². The van der Waals surface area contributed by atoms with E-state index in [1.54, 1.807) is 19.4 Å². The molecule has 0 saturated carbocycles. The van der Waals surface area contributed by atoms with Gasteiger partial charge < -0.3 is 9.63 Å². The molecule has 0 amide bonds. The summed E-state index contributed by atoms with van der Waals surface area (Å²) < 4.78 is 5.14. The fourth-order valence-electron chi connectivity index (χ4n) is 3.26. The van der Waals surface area contributed by atoms with Crippen LogP contribution in [0.25, 0.3) is 33.3 Å². The predicted molar refractivity (Wildman–Crippen MR) is 101 cm³/mol. The van der Waals surface area contributed by atoms with Crippen molar-refractivity contribution in [2.75, 3.05) is 0 Å². The second-order valence-electron chi connectivity index (χ2n) is 6.54. The molecule has 4 aromatic rings. The molecule has 26 heavy (non-hydrogen) atoms. The molecular formula is C21H19N3O2. The molecule has 1 N–H and O–H groups in total. The van der Waals surface area contributed by atoms with Gasteiger partial charge in [-0.15, -0.1) is 0 Å². The summed E-state index contributed by atoms with van der Waals surface area (Å²) >= 11 is 0. The van der Waals surface area contributed by atoms with Gasteiger partial charge in [0.1, 0.15) is 6.26 Å². The number of aryl methyl sites for hydroxylation is 2. The van der Waals surface area contributed by atoms with Crippen LogP contribution in [0.2, 0.25) is 0 Å². The fourth-order valence-corrected chi connectivity index (χ4v) is 3.26. The molecule has 0 radical (unpaired) electrons. The summed E-state index contributed by atoms with van der Waals surface area (Å²) in [7, 11) is 0. The lowest BCUT2D eigenvalue weighted by Crippen LogP contribution is -1.98. The van der Waals surface area contributed by atoms with E-state index >= 15 is 0 Å². The number of aliphatic hydroxyl groups is 1. The van der Waals surface area contributed by atoms with Gasteiger partial charge in [-0.1, -0.05) is 17.3 Å². The third-order valence-electron chi connectivity index (χ3n) is 4.54. The van der Waals surface area contributed by atoms with Crippen molar-refractivity contribution in [3.8, 4) is 22.4 Å². The van der Waals surface area contributed by atoms with Gasteiger partial charge in [-0.2, -0.15) is 0 Å². The topological polar surface area (TPSA) is 72.0 Å². The van der Waals surface area contributed by atoms with Crippen LogP contribution in [-0.2, 0) is 0 Å². The Balaban J connectivity index is 2.10. The van der Waals surface area contributed by atoms with Crippen LogP contribution in [0.1, 0.15) is 29.8 Å². The molecule has 0 aliphatic heterocycles. The molecule has 0 aliphatic rings. The molecule has 0 bridgehead atoms. The summed E-state index contributed by atoms with van der Waals surface area (Å²) in [6.07, 6.45) is 4.59. The molecule has 4 rings (SSSR count). The van der Waals surface area contributed by atoms with Gasteiger partial charge in [0, 0.05) is 28.9 Å². The van der Waals surface area contributed by atoms with E-state index < -0.39 is 6.10 Å². The van der Waals surface area contributed by atoms with Crippen LogP contribution < -0.4 is 0 Å². The number of hydrogen-bond donors (Lipinski definition) is 1. The monoisotopic (exact) mass is 345 g/mol. The standard InChI is InChI=1S/C21H19N3O2/c1-12-7-16(14(3)25)18-9-17(15-5-4-6-22-10-15)21(23-20(18)8-12)19-11-26-24-13(19)2/h4-11,14,25H,1-3H3. The van der Waals surface area contributed by atoms with E-state index in [0.717, 1.165) is 50.1 Å². The molecule has 3 aromatic heterocycles. The van der Waals surface area contributed by atoms with Gasteiger partial charge in [0.2, 0.25) is 0 Å². The molecule has 1 atom stereocenters. The zero-order valence-electron chi connectivity index (χ0n) is 14.9. The highest BCUT2D eigenvalue weighted by Gasteiger charge is 2.18. The van der Waals surface area contributed by atoms with Gasteiger partial charge in [-0.3, -0.25) is 4.98 Å². The normalized spacial score (nSPS) is 12.5. The van der Waals surface area contributed by atoms with Gasteiger partial charge in [0.15, 0.2) is 0 Å². The number of aromatic nitrogens is 3. The zero-order chi connectivity index (χ0) is 18.3. The Bertz CT molecular complexity index is 1090. The van der Waals surface area contributed by atoms with Crippen LogP contribution in [0.3, 0.4) is 0 Å². The first-order valence-electron chi connectivity index (χ1n) is 8.49. The lowest BCUT2D eigenvalue weighted by Gasteiger charge is -2.15. The molecule has 5 heteroatoms. The van der Waals surface area contributed by atoms with E-state index in [1.165, 1.54) is 0 Å². The van der Waals surface area contributed by atoms with Gasteiger partial charge >= 0.3 is 0 Å². The molecule has 1 unspecified atom stereocenters. The Kier molecular flexibility index (Phi) is 4.01. The Morgan fingerprint density at radius 1 is 1.12 bits per heavy atom. The number of rotatable bonds is 3. The molecular weight excluding hydrogens is 326 g/mol. The number of pyridine rings is 2. The highest BCUT2D eigenvalue weighted by atomic mass is 16.5. The fraction of sp³-hybridized carbons (Fsp3) is 0.190. The summed E-state index contributed by atoms with van der Waals surface area (Å²) in [5.74, 6) is 0. The number of hydrogen-bond acceptors (Lipinski definition) is 5. The molecule has 0 aliphatic carbocycles. The number of benzene rings is 1. The molecule has 3 heterocycles.